The van der Waals surface area contributed by atoms with Crippen LogP contribution in [0.4, 0.5) is 10.1 Å². The Morgan fingerprint density at radius 1 is 1.33 bits per heavy atom. The highest BCUT2D eigenvalue weighted by Crippen LogP contribution is 2.24. The van der Waals surface area contributed by atoms with Gasteiger partial charge in [-0.05, 0) is 52.7 Å². The summed E-state index contributed by atoms with van der Waals surface area (Å²) in [6, 6.07) is 6.66. The zero-order valence-corrected chi connectivity index (χ0v) is 11.4. The van der Waals surface area contributed by atoms with Gasteiger partial charge in [0.2, 0.25) is 0 Å². The molecule has 2 rings (SSSR count). The molecular formula is C13H13BrFNO2. The molecule has 0 amide bonds. The van der Waals surface area contributed by atoms with Gasteiger partial charge in [0.15, 0.2) is 0 Å². The van der Waals surface area contributed by atoms with Gasteiger partial charge in [-0.3, -0.25) is 0 Å². The van der Waals surface area contributed by atoms with E-state index in [4.69, 9.17) is 9.52 Å². The van der Waals surface area contributed by atoms with Crippen LogP contribution in [0.5, 0.6) is 0 Å². The molecule has 96 valence electrons. The zero-order chi connectivity index (χ0) is 13.1. The maximum absolute atomic E-state index is 13.4. The molecule has 0 aliphatic rings. The molecule has 0 radical (unpaired) electrons. The Labute approximate surface area is 113 Å². The van der Waals surface area contributed by atoms with Gasteiger partial charge >= 0.3 is 0 Å². The Bertz CT molecular complexity index is 554. The lowest BCUT2D eigenvalue weighted by molar-refractivity contribution is 0.244. The standard InChI is InChI=1S/C13H13BrFNO2/c1-8-4-11(14)12(15)5-13(8)16-6-9-2-3-10(7-17)18-9/h2-5,16-17H,6-7H2,1H3. The highest BCUT2D eigenvalue weighted by Gasteiger charge is 2.06. The van der Waals surface area contributed by atoms with Crippen molar-refractivity contribution in [2.45, 2.75) is 20.1 Å². The molecule has 18 heavy (non-hydrogen) atoms. The molecule has 1 heterocycles. The Hall–Kier alpha value is -1.33. The quantitative estimate of drug-likeness (QED) is 0.906. The Morgan fingerprint density at radius 3 is 2.72 bits per heavy atom. The monoisotopic (exact) mass is 313 g/mol. The third-order valence-corrected chi connectivity index (χ3v) is 3.20. The van der Waals surface area contributed by atoms with E-state index in [-0.39, 0.29) is 12.4 Å². The Balaban J connectivity index is 2.08. The molecule has 0 atom stereocenters. The maximum atomic E-state index is 13.4. The molecule has 0 aliphatic carbocycles. The fraction of sp³-hybridized carbons (Fsp3) is 0.231. The van der Waals surface area contributed by atoms with Crippen molar-refractivity contribution in [1.82, 2.24) is 0 Å². The van der Waals surface area contributed by atoms with E-state index in [9.17, 15) is 4.39 Å². The highest BCUT2D eigenvalue weighted by molar-refractivity contribution is 9.10. The van der Waals surface area contributed by atoms with Gasteiger partial charge in [-0.1, -0.05) is 0 Å². The predicted molar refractivity (Wildman–Crippen MR) is 70.8 cm³/mol. The van der Waals surface area contributed by atoms with Gasteiger partial charge in [-0.25, -0.2) is 4.39 Å². The van der Waals surface area contributed by atoms with E-state index in [2.05, 4.69) is 21.2 Å². The van der Waals surface area contributed by atoms with Crippen molar-refractivity contribution in [1.29, 1.82) is 0 Å². The number of hydrogen-bond donors (Lipinski definition) is 2. The second-order valence-corrected chi connectivity index (χ2v) is 4.82. The molecule has 0 saturated carbocycles. The van der Waals surface area contributed by atoms with Gasteiger partial charge in [0.05, 0.1) is 11.0 Å². The minimum absolute atomic E-state index is 0.119. The number of hydrogen-bond acceptors (Lipinski definition) is 3. The molecule has 3 nitrogen and oxygen atoms in total. The summed E-state index contributed by atoms with van der Waals surface area (Å²) in [6.45, 7) is 2.22. The van der Waals surface area contributed by atoms with Gasteiger partial charge in [0.25, 0.3) is 0 Å². The first-order valence-electron chi connectivity index (χ1n) is 5.48. The van der Waals surface area contributed by atoms with Gasteiger partial charge in [0.1, 0.15) is 23.9 Å². The lowest BCUT2D eigenvalue weighted by Gasteiger charge is -2.09. The second kappa shape index (κ2) is 5.54. The SMILES string of the molecule is Cc1cc(Br)c(F)cc1NCc1ccc(CO)o1. The summed E-state index contributed by atoms with van der Waals surface area (Å²) < 4.78 is 19.2. The summed E-state index contributed by atoms with van der Waals surface area (Å²) in [5.41, 5.74) is 1.66. The lowest BCUT2D eigenvalue weighted by atomic mass is 10.2. The van der Waals surface area contributed by atoms with Crippen LogP contribution in [0, 0.1) is 12.7 Å². The molecule has 0 spiro atoms. The zero-order valence-electron chi connectivity index (χ0n) is 9.84. The third kappa shape index (κ3) is 2.91. The van der Waals surface area contributed by atoms with E-state index >= 15 is 0 Å². The minimum Gasteiger partial charge on any atom is -0.462 e. The van der Waals surface area contributed by atoms with Crippen LogP contribution >= 0.6 is 15.9 Å². The number of anilines is 1. The van der Waals surface area contributed by atoms with Crippen molar-refractivity contribution in [2.24, 2.45) is 0 Å². The summed E-state index contributed by atoms with van der Waals surface area (Å²) in [4.78, 5) is 0. The lowest BCUT2D eigenvalue weighted by Crippen LogP contribution is -2.01. The van der Waals surface area contributed by atoms with Gasteiger partial charge in [0, 0.05) is 5.69 Å². The second-order valence-electron chi connectivity index (χ2n) is 3.96. The number of aliphatic hydroxyl groups is 1. The van der Waals surface area contributed by atoms with Crippen LogP contribution in [0.2, 0.25) is 0 Å². The summed E-state index contributed by atoms with van der Waals surface area (Å²) >= 11 is 3.14. The topological polar surface area (TPSA) is 45.4 Å². The Morgan fingerprint density at radius 2 is 2.06 bits per heavy atom. The molecule has 1 aromatic heterocycles. The fourth-order valence-electron chi connectivity index (χ4n) is 1.62. The molecule has 1 aromatic carbocycles. The first-order valence-corrected chi connectivity index (χ1v) is 6.27. The van der Waals surface area contributed by atoms with Crippen molar-refractivity contribution < 1.29 is 13.9 Å². The average molecular weight is 314 g/mol. The molecule has 0 saturated heterocycles. The van der Waals surface area contributed by atoms with Crippen molar-refractivity contribution in [3.05, 3.63) is 51.6 Å². The molecule has 2 N–H and O–H groups in total. The van der Waals surface area contributed by atoms with Crippen LogP contribution in [-0.2, 0) is 13.2 Å². The van der Waals surface area contributed by atoms with Crippen LogP contribution in [0.15, 0.2) is 33.2 Å². The van der Waals surface area contributed by atoms with Crippen LogP contribution in [0.3, 0.4) is 0 Å². The van der Waals surface area contributed by atoms with E-state index < -0.39 is 0 Å². The Kier molecular flexibility index (Phi) is 4.04. The van der Waals surface area contributed by atoms with Crippen LogP contribution < -0.4 is 5.32 Å². The van der Waals surface area contributed by atoms with Crippen LogP contribution in [0.25, 0.3) is 0 Å². The third-order valence-electron chi connectivity index (χ3n) is 2.59. The van der Waals surface area contributed by atoms with Crippen molar-refractivity contribution in [2.75, 3.05) is 5.32 Å². The van der Waals surface area contributed by atoms with Gasteiger partial charge in [-0.2, -0.15) is 0 Å². The minimum atomic E-state index is -0.307. The van der Waals surface area contributed by atoms with Crippen LogP contribution in [0.1, 0.15) is 17.1 Å². The van der Waals surface area contributed by atoms with Gasteiger partial charge in [-0.15, -0.1) is 0 Å². The molecule has 0 aliphatic heterocycles. The average Bonchev–Trinajstić information content (AvgIpc) is 2.80. The van der Waals surface area contributed by atoms with Crippen LogP contribution in [-0.4, -0.2) is 5.11 Å². The molecule has 0 unspecified atom stereocenters. The smallest absolute Gasteiger partial charge is 0.139 e. The number of benzene rings is 1. The molecule has 2 aromatic rings. The molecular weight excluding hydrogens is 301 g/mol. The fourth-order valence-corrected chi connectivity index (χ4v) is 2.08. The van der Waals surface area contributed by atoms with Crippen molar-refractivity contribution in [3.63, 3.8) is 0 Å². The molecule has 5 heteroatoms. The molecule has 0 bridgehead atoms. The van der Waals surface area contributed by atoms with E-state index in [1.54, 1.807) is 18.2 Å². The largest absolute Gasteiger partial charge is 0.462 e. The summed E-state index contributed by atoms with van der Waals surface area (Å²) in [5, 5.41) is 12.0. The van der Waals surface area contributed by atoms with Crippen molar-refractivity contribution >= 4 is 21.6 Å². The van der Waals surface area contributed by atoms with E-state index in [1.807, 2.05) is 6.92 Å². The van der Waals surface area contributed by atoms with E-state index in [1.165, 1.54) is 6.07 Å². The van der Waals surface area contributed by atoms with Gasteiger partial charge < -0.3 is 14.8 Å². The maximum Gasteiger partial charge on any atom is 0.139 e. The number of rotatable bonds is 4. The first-order chi connectivity index (χ1) is 8.60. The predicted octanol–water partition coefficient (Wildman–Crippen LogP) is 3.59. The summed E-state index contributed by atoms with van der Waals surface area (Å²) in [6.07, 6.45) is 0. The van der Waals surface area contributed by atoms with E-state index in [0.717, 1.165) is 11.3 Å². The van der Waals surface area contributed by atoms with Crippen molar-refractivity contribution in [3.8, 4) is 0 Å². The summed E-state index contributed by atoms with van der Waals surface area (Å²) in [5.74, 6) is 0.908. The number of aliphatic hydroxyl groups excluding tert-OH is 1. The molecule has 0 fully saturated rings. The van der Waals surface area contributed by atoms with E-state index in [0.29, 0.717) is 22.5 Å². The highest BCUT2D eigenvalue weighted by atomic mass is 79.9. The normalized spacial score (nSPS) is 10.7. The number of halogens is 2. The first kappa shape index (κ1) is 13.1. The summed E-state index contributed by atoms with van der Waals surface area (Å²) in [7, 11) is 0. The number of aryl methyl sites for hydroxylation is 1. The number of nitrogens with one attached hydrogen (secondary N) is 1. The number of furan rings is 1.